The first-order chi connectivity index (χ1) is 9.69. The molecule has 1 atom stereocenters. The van der Waals surface area contributed by atoms with Gasteiger partial charge in [0.1, 0.15) is 17.3 Å². The number of halogens is 1. The Bertz CT molecular complexity index is 565. The van der Waals surface area contributed by atoms with Crippen LogP contribution in [0.1, 0.15) is 32.1 Å². The average Bonchev–Trinajstić information content (AvgIpc) is 2.94. The van der Waals surface area contributed by atoms with Gasteiger partial charge in [-0.2, -0.15) is 0 Å². The van der Waals surface area contributed by atoms with Crippen molar-refractivity contribution >= 4 is 11.6 Å². The maximum atomic E-state index is 6.24. The third-order valence-corrected chi connectivity index (χ3v) is 3.60. The SMILES string of the molecule is CCNC(CC)c1ccc(-c2cc(OC)ccc2Cl)o1. The van der Waals surface area contributed by atoms with Crippen molar-refractivity contribution in [3.8, 4) is 17.1 Å². The summed E-state index contributed by atoms with van der Waals surface area (Å²) in [5.74, 6) is 2.46. The molecule has 1 aromatic heterocycles. The van der Waals surface area contributed by atoms with Gasteiger partial charge < -0.3 is 14.5 Å². The van der Waals surface area contributed by atoms with Gasteiger partial charge in [0.2, 0.25) is 0 Å². The lowest BCUT2D eigenvalue weighted by Crippen LogP contribution is -2.19. The number of benzene rings is 1. The van der Waals surface area contributed by atoms with Crippen molar-refractivity contribution in [1.29, 1.82) is 0 Å². The molecule has 2 rings (SSSR count). The van der Waals surface area contributed by atoms with Crippen LogP contribution in [0, 0.1) is 0 Å². The molecular weight excluding hydrogens is 274 g/mol. The Morgan fingerprint density at radius 1 is 1.25 bits per heavy atom. The maximum Gasteiger partial charge on any atom is 0.135 e. The van der Waals surface area contributed by atoms with E-state index in [1.165, 1.54) is 0 Å². The Kier molecular flexibility index (Phi) is 5.10. The van der Waals surface area contributed by atoms with Crippen molar-refractivity contribution in [2.45, 2.75) is 26.3 Å². The van der Waals surface area contributed by atoms with Crippen molar-refractivity contribution in [3.05, 3.63) is 41.1 Å². The standard InChI is InChI=1S/C16H20ClNO2/c1-4-14(18-5-2)16-9-8-15(20-16)12-10-11(19-3)6-7-13(12)17/h6-10,14,18H,4-5H2,1-3H3. The second-order valence-corrected chi connectivity index (χ2v) is 4.97. The van der Waals surface area contributed by atoms with Crippen LogP contribution >= 0.6 is 11.6 Å². The predicted molar refractivity (Wildman–Crippen MR) is 82.4 cm³/mol. The number of furan rings is 1. The summed E-state index contributed by atoms with van der Waals surface area (Å²) in [5.41, 5.74) is 0.851. The minimum atomic E-state index is 0.234. The van der Waals surface area contributed by atoms with Gasteiger partial charge in [-0.3, -0.25) is 0 Å². The summed E-state index contributed by atoms with van der Waals surface area (Å²) >= 11 is 6.24. The highest BCUT2D eigenvalue weighted by atomic mass is 35.5. The minimum Gasteiger partial charge on any atom is -0.497 e. The highest BCUT2D eigenvalue weighted by Crippen LogP contribution is 2.34. The van der Waals surface area contributed by atoms with Crippen LogP contribution < -0.4 is 10.1 Å². The highest BCUT2D eigenvalue weighted by molar-refractivity contribution is 6.33. The summed E-state index contributed by atoms with van der Waals surface area (Å²) in [5, 5.41) is 4.05. The summed E-state index contributed by atoms with van der Waals surface area (Å²) in [7, 11) is 1.64. The lowest BCUT2D eigenvalue weighted by atomic mass is 10.1. The Morgan fingerprint density at radius 2 is 2.05 bits per heavy atom. The zero-order valence-corrected chi connectivity index (χ0v) is 12.8. The average molecular weight is 294 g/mol. The first kappa shape index (κ1) is 14.9. The molecule has 1 heterocycles. The Balaban J connectivity index is 2.32. The summed E-state index contributed by atoms with van der Waals surface area (Å²) in [6, 6.07) is 9.73. The van der Waals surface area contributed by atoms with Crippen LogP contribution in [0.5, 0.6) is 5.75 Å². The van der Waals surface area contributed by atoms with Crippen LogP contribution in [0.25, 0.3) is 11.3 Å². The number of rotatable bonds is 6. The molecule has 0 bridgehead atoms. The van der Waals surface area contributed by atoms with Crippen molar-refractivity contribution in [3.63, 3.8) is 0 Å². The van der Waals surface area contributed by atoms with E-state index >= 15 is 0 Å². The van der Waals surface area contributed by atoms with E-state index < -0.39 is 0 Å². The normalized spacial score (nSPS) is 12.4. The molecule has 0 aliphatic carbocycles. The van der Waals surface area contributed by atoms with E-state index in [4.69, 9.17) is 20.8 Å². The number of hydrogen-bond donors (Lipinski definition) is 1. The molecule has 1 N–H and O–H groups in total. The molecular formula is C16H20ClNO2. The fourth-order valence-electron chi connectivity index (χ4n) is 2.20. The quantitative estimate of drug-likeness (QED) is 0.840. The molecule has 4 heteroatoms. The van der Waals surface area contributed by atoms with Gasteiger partial charge in [-0.15, -0.1) is 0 Å². The fraction of sp³-hybridized carbons (Fsp3) is 0.375. The predicted octanol–water partition coefficient (Wildman–Crippen LogP) is 4.67. The molecule has 3 nitrogen and oxygen atoms in total. The second kappa shape index (κ2) is 6.82. The van der Waals surface area contributed by atoms with Gasteiger partial charge in [0.05, 0.1) is 18.2 Å². The maximum absolute atomic E-state index is 6.24. The van der Waals surface area contributed by atoms with Crippen molar-refractivity contribution in [1.82, 2.24) is 5.32 Å². The van der Waals surface area contributed by atoms with Crippen LogP contribution in [0.2, 0.25) is 5.02 Å². The van der Waals surface area contributed by atoms with E-state index in [9.17, 15) is 0 Å². The van der Waals surface area contributed by atoms with Crippen molar-refractivity contribution in [2.75, 3.05) is 13.7 Å². The smallest absolute Gasteiger partial charge is 0.135 e. The van der Waals surface area contributed by atoms with E-state index in [-0.39, 0.29) is 6.04 Å². The van der Waals surface area contributed by atoms with Gasteiger partial charge >= 0.3 is 0 Å². The van der Waals surface area contributed by atoms with Gasteiger partial charge in [-0.05, 0) is 43.3 Å². The third-order valence-electron chi connectivity index (χ3n) is 3.27. The Hall–Kier alpha value is -1.45. The van der Waals surface area contributed by atoms with Gasteiger partial charge in [0.15, 0.2) is 0 Å². The van der Waals surface area contributed by atoms with Crippen molar-refractivity contribution < 1.29 is 9.15 Å². The molecule has 108 valence electrons. The molecule has 0 amide bonds. The lowest BCUT2D eigenvalue weighted by Gasteiger charge is -2.12. The Morgan fingerprint density at radius 3 is 2.70 bits per heavy atom. The van der Waals surface area contributed by atoms with E-state index in [1.807, 2.05) is 30.3 Å². The number of hydrogen-bond acceptors (Lipinski definition) is 3. The Labute approximate surface area is 124 Å². The number of nitrogens with one attached hydrogen (secondary N) is 1. The zero-order valence-electron chi connectivity index (χ0n) is 12.1. The summed E-state index contributed by atoms with van der Waals surface area (Å²) in [6.07, 6.45) is 0.979. The molecule has 0 saturated carbocycles. The molecule has 2 aromatic rings. The second-order valence-electron chi connectivity index (χ2n) is 4.57. The molecule has 0 aliphatic heterocycles. The van der Waals surface area contributed by atoms with Gasteiger partial charge in [0, 0.05) is 5.56 Å². The number of ether oxygens (including phenoxy) is 1. The molecule has 0 saturated heterocycles. The molecule has 0 fully saturated rings. The van der Waals surface area contributed by atoms with Crippen LogP contribution in [0.4, 0.5) is 0 Å². The minimum absolute atomic E-state index is 0.234. The van der Waals surface area contributed by atoms with Crippen LogP contribution in [0.15, 0.2) is 34.7 Å². The van der Waals surface area contributed by atoms with Gasteiger partial charge in [-0.1, -0.05) is 25.4 Å². The van der Waals surface area contributed by atoms with Crippen LogP contribution in [-0.4, -0.2) is 13.7 Å². The topological polar surface area (TPSA) is 34.4 Å². The van der Waals surface area contributed by atoms with Crippen LogP contribution in [-0.2, 0) is 0 Å². The summed E-state index contributed by atoms with van der Waals surface area (Å²) < 4.78 is 11.2. The summed E-state index contributed by atoms with van der Waals surface area (Å²) in [6.45, 7) is 5.13. The molecule has 1 unspecified atom stereocenters. The fourth-order valence-corrected chi connectivity index (χ4v) is 2.41. The molecule has 0 spiro atoms. The molecule has 0 radical (unpaired) electrons. The molecule has 1 aromatic carbocycles. The third kappa shape index (κ3) is 3.17. The van der Waals surface area contributed by atoms with Crippen LogP contribution in [0.3, 0.4) is 0 Å². The summed E-state index contributed by atoms with van der Waals surface area (Å²) in [4.78, 5) is 0. The molecule has 0 aliphatic rings. The lowest BCUT2D eigenvalue weighted by molar-refractivity contribution is 0.412. The number of methoxy groups -OCH3 is 1. The van der Waals surface area contributed by atoms with E-state index in [1.54, 1.807) is 7.11 Å². The first-order valence-electron chi connectivity index (χ1n) is 6.86. The van der Waals surface area contributed by atoms with Gasteiger partial charge in [0.25, 0.3) is 0 Å². The largest absolute Gasteiger partial charge is 0.497 e. The van der Waals surface area contributed by atoms with E-state index in [0.29, 0.717) is 5.02 Å². The molecule has 20 heavy (non-hydrogen) atoms. The van der Waals surface area contributed by atoms with Gasteiger partial charge in [-0.25, -0.2) is 0 Å². The van der Waals surface area contributed by atoms with E-state index in [2.05, 4.69) is 19.2 Å². The zero-order chi connectivity index (χ0) is 14.5. The first-order valence-corrected chi connectivity index (χ1v) is 7.24. The monoisotopic (exact) mass is 293 g/mol. The van der Waals surface area contributed by atoms with Crippen molar-refractivity contribution in [2.24, 2.45) is 0 Å². The highest BCUT2D eigenvalue weighted by Gasteiger charge is 2.15. The van der Waals surface area contributed by atoms with E-state index in [0.717, 1.165) is 35.8 Å².